The number of hydrogen-bond acceptors (Lipinski definition) is 8. The normalized spacial score (nSPS) is 17.1. The van der Waals surface area contributed by atoms with Crippen molar-refractivity contribution in [2.75, 3.05) is 32.7 Å². The van der Waals surface area contributed by atoms with E-state index in [-0.39, 0.29) is 29.6 Å². The van der Waals surface area contributed by atoms with Crippen LogP contribution in [0.1, 0.15) is 69.1 Å². The number of benzene rings is 2. The van der Waals surface area contributed by atoms with Crippen molar-refractivity contribution in [1.82, 2.24) is 25.8 Å². The van der Waals surface area contributed by atoms with Crippen molar-refractivity contribution in [2.45, 2.75) is 89.4 Å². The summed E-state index contributed by atoms with van der Waals surface area (Å²) in [4.78, 5) is 71.9. The summed E-state index contributed by atoms with van der Waals surface area (Å²) in [5.74, 6) is -1.64. The molecule has 13 heteroatoms. The Morgan fingerprint density at radius 2 is 1.37 bits per heavy atom. The molecule has 2 aliphatic heterocycles. The predicted molar refractivity (Wildman–Crippen MR) is 219 cm³/mol. The lowest BCUT2D eigenvalue weighted by molar-refractivity contribution is -0.147. The number of furan rings is 1. The van der Waals surface area contributed by atoms with E-state index in [0.29, 0.717) is 64.8 Å². The molecule has 4 atom stereocenters. The van der Waals surface area contributed by atoms with Crippen LogP contribution in [0.2, 0.25) is 0 Å². The second kappa shape index (κ2) is 20.8. The largest absolute Gasteiger partial charge is 0.472 e. The fourth-order valence-corrected chi connectivity index (χ4v) is 7.60. The molecule has 306 valence electrons. The summed E-state index contributed by atoms with van der Waals surface area (Å²) in [7, 11) is 0. The Kier molecular flexibility index (Phi) is 15.6. The van der Waals surface area contributed by atoms with E-state index in [1.165, 1.54) is 0 Å². The molecule has 2 aliphatic rings. The van der Waals surface area contributed by atoms with Gasteiger partial charge in [0, 0.05) is 49.7 Å². The van der Waals surface area contributed by atoms with Gasteiger partial charge in [-0.05, 0) is 80.7 Å². The van der Waals surface area contributed by atoms with Crippen LogP contribution in [0.15, 0.2) is 89.7 Å². The summed E-state index contributed by atoms with van der Waals surface area (Å²) in [6, 6.07) is 16.9. The summed E-state index contributed by atoms with van der Waals surface area (Å²) in [5.41, 5.74) is 14.6. The van der Waals surface area contributed by atoms with Crippen molar-refractivity contribution in [2.24, 2.45) is 22.8 Å². The summed E-state index contributed by atoms with van der Waals surface area (Å²) < 4.78 is 5.06. The van der Waals surface area contributed by atoms with Crippen molar-refractivity contribution in [3.05, 3.63) is 102 Å². The van der Waals surface area contributed by atoms with Gasteiger partial charge in [0.15, 0.2) is 0 Å². The average molecular weight is 782 g/mol. The standard InChI is InChI=1S/C44H59N7O6/c1-31(2)25-37(49-42(55)38(27-33-13-7-4-8-14-33)48-40(53)35(46)26-32-11-5-3-6-12-32)41(54)47-36(15-9-10-21-45)43(56)50-22-19-44(20-23-50)29-51(30-44)39(52)17-16-34-18-24-57-28-34/h3-8,11-14,16-18,24,28,31,35-38H,9-10,15,19-23,25-27,29-30,45-46H2,1-2H3,(H,47,54)(H,48,53)(H,49,55)/b17-16+/t35-,36-,37-,38-/m1/s1. The van der Waals surface area contributed by atoms with E-state index >= 15 is 0 Å². The Balaban J connectivity index is 1.21. The third-order valence-corrected chi connectivity index (χ3v) is 10.9. The lowest BCUT2D eigenvalue weighted by atomic mass is 9.72. The number of amides is 5. The lowest BCUT2D eigenvalue weighted by Crippen LogP contribution is -2.63. The number of piperidine rings is 1. The molecule has 2 fully saturated rings. The molecule has 2 aromatic carbocycles. The Morgan fingerprint density at radius 1 is 0.772 bits per heavy atom. The van der Waals surface area contributed by atoms with Crippen LogP contribution >= 0.6 is 0 Å². The van der Waals surface area contributed by atoms with Crippen LogP contribution in [-0.4, -0.2) is 96.2 Å². The molecule has 13 nitrogen and oxygen atoms in total. The van der Waals surface area contributed by atoms with Crippen molar-refractivity contribution in [3.63, 3.8) is 0 Å². The van der Waals surface area contributed by atoms with Gasteiger partial charge in [-0.1, -0.05) is 74.5 Å². The van der Waals surface area contributed by atoms with Crippen molar-refractivity contribution < 1.29 is 28.4 Å². The molecule has 5 amide bonds. The molecule has 57 heavy (non-hydrogen) atoms. The zero-order valence-electron chi connectivity index (χ0n) is 33.2. The van der Waals surface area contributed by atoms with E-state index < -0.39 is 41.9 Å². The minimum atomic E-state index is -1.00. The Bertz CT molecular complexity index is 1780. The van der Waals surface area contributed by atoms with Crippen molar-refractivity contribution >= 4 is 35.6 Å². The maximum atomic E-state index is 14.1. The smallest absolute Gasteiger partial charge is 0.246 e. The summed E-state index contributed by atoms with van der Waals surface area (Å²) in [5, 5.41) is 8.76. The topological polar surface area (TPSA) is 193 Å². The lowest BCUT2D eigenvalue weighted by Gasteiger charge is -2.54. The summed E-state index contributed by atoms with van der Waals surface area (Å²) in [6.45, 7) is 6.70. The summed E-state index contributed by atoms with van der Waals surface area (Å²) in [6.07, 6.45) is 10.5. The molecule has 0 bridgehead atoms. The van der Waals surface area contributed by atoms with Crippen LogP contribution in [0.4, 0.5) is 0 Å². The van der Waals surface area contributed by atoms with E-state index in [4.69, 9.17) is 15.9 Å². The molecular formula is C44H59N7O6. The van der Waals surface area contributed by atoms with Gasteiger partial charge in [-0.2, -0.15) is 0 Å². The number of carbonyl (C=O) groups is 5. The molecule has 0 saturated carbocycles. The zero-order chi connectivity index (χ0) is 40.8. The van der Waals surface area contributed by atoms with Crippen LogP contribution in [-0.2, 0) is 36.8 Å². The molecule has 3 aromatic rings. The van der Waals surface area contributed by atoms with Crippen molar-refractivity contribution in [1.29, 1.82) is 0 Å². The first-order valence-corrected chi connectivity index (χ1v) is 20.2. The minimum absolute atomic E-state index is 0.0297. The van der Waals surface area contributed by atoms with Crippen LogP contribution in [0.3, 0.4) is 0 Å². The SMILES string of the molecule is CC(C)C[C@@H](NC(=O)[C@@H](Cc1ccccc1)NC(=O)[C@H](N)Cc1ccccc1)C(=O)N[C@H](CCCCN)C(=O)N1CCC2(CC1)CN(C(=O)/C=C/c1ccoc1)C2. The molecule has 0 unspecified atom stereocenters. The number of carbonyl (C=O) groups excluding carboxylic acids is 5. The fraction of sp³-hybridized carbons (Fsp3) is 0.477. The van der Waals surface area contributed by atoms with E-state index in [2.05, 4.69) is 16.0 Å². The van der Waals surface area contributed by atoms with Gasteiger partial charge >= 0.3 is 0 Å². The first-order valence-electron chi connectivity index (χ1n) is 20.2. The second-order valence-electron chi connectivity index (χ2n) is 16.0. The van der Waals surface area contributed by atoms with Gasteiger partial charge in [0.1, 0.15) is 18.1 Å². The van der Waals surface area contributed by atoms with Gasteiger partial charge in [0.2, 0.25) is 29.5 Å². The highest BCUT2D eigenvalue weighted by atomic mass is 16.3. The number of nitrogens with zero attached hydrogens (tertiary/aromatic N) is 2. The van der Waals surface area contributed by atoms with Gasteiger partial charge in [-0.15, -0.1) is 0 Å². The molecule has 1 spiro atoms. The molecule has 0 radical (unpaired) electrons. The monoisotopic (exact) mass is 781 g/mol. The number of nitrogens with two attached hydrogens (primary N) is 2. The van der Waals surface area contributed by atoms with E-state index in [1.807, 2.05) is 84.3 Å². The first-order chi connectivity index (χ1) is 27.4. The quantitative estimate of drug-likeness (QED) is 0.0905. The highest BCUT2D eigenvalue weighted by Crippen LogP contribution is 2.40. The fourth-order valence-electron chi connectivity index (χ4n) is 7.60. The van der Waals surface area contributed by atoms with Gasteiger partial charge in [-0.3, -0.25) is 24.0 Å². The highest BCUT2D eigenvalue weighted by Gasteiger charge is 2.47. The number of unbranched alkanes of at least 4 members (excludes halogenated alkanes) is 1. The number of hydrogen-bond donors (Lipinski definition) is 5. The third-order valence-electron chi connectivity index (χ3n) is 10.9. The van der Waals surface area contributed by atoms with Gasteiger partial charge in [0.05, 0.1) is 18.6 Å². The first kappa shape index (κ1) is 42.9. The second-order valence-corrected chi connectivity index (χ2v) is 16.0. The maximum Gasteiger partial charge on any atom is 0.246 e. The van der Waals surface area contributed by atoms with Gasteiger partial charge in [-0.25, -0.2) is 0 Å². The van der Waals surface area contributed by atoms with E-state index in [0.717, 1.165) is 29.5 Å². The van der Waals surface area contributed by atoms with Crippen molar-refractivity contribution in [3.8, 4) is 0 Å². The van der Waals surface area contributed by atoms with Crippen LogP contribution in [0, 0.1) is 11.3 Å². The maximum absolute atomic E-state index is 14.1. The van der Waals surface area contributed by atoms with E-state index in [9.17, 15) is 24.0 Å². The summed E-state index contributed by atoms with van der Waals surface area (Å²) >= 11 is 0. The number of likely N-dealkylation sites (tertiary alicyclic amines) is 2. The minimum Gasteiger partial charge on any atom is -0.472 e. The van der Waals surface area contributed by atoms with Gasteiger partial charge < -0.3 is 41.6 Å². The third kappa shape index (κ3) is 12.6. The molecule has 1 aromatic heterocycles. The predicted octanol–water partition coefficient (Wildman–Crippen LogP) is 3.19. The number of nitrogens with one attached hydrogen (secondary N) is 3. The molecule has 7 N–H and O–H groups in total. The zero-order valence-corrected chi connectivity index (χ0v) is 33.2. The van der Waals surface area contributed by atoms with E-state index in [1.54, 1.807) is 30.7 Å². The highest BCUT2D eigenvalue weighted by molar-refractivity contribution is 5.95. The molecular weight excluding hydrogens is 723 g/mol. The van der Waals surface area contributed by atoms with Crippen LogP contribution < -0.4 is 27.4 Å². The Hall–Kier alpha value is -5.27. The molecule has 2 saturated heterocycles. The van der Waals surface area contributed by atoms with Gasteiger partial charge in [0.25, 0.3) is 0 Å². The Labute approximate surface area is 336 Å². The molecule has 5 rings (SSSR count). The molecule has 3 heterocycles. The Morgan fingerprint density at radius 3 is 1.96 bits per heavy atom. The number of rotatable bonds is 19. The van der Waals surface area contributed by atoms with Crippen LogP contribution in [0.5, 0.6) is 0 Å². The average Bonchev–Trinajstić information content (AvgIpc) is 3.72. The molecule has 0 aliphatic carbocycles. The van der Waals surface area contributed by atoms with Crippen LogP contribution in [0.25, 0.3) is 6.08 Å².